The fourth-order valence-electron chi connectivity index (χ4n) is 6.12. The summed E-state index contributed by atoms with van der Waals surface area (Å²) in [5.41, 5.74) is -0.739. The Morgan fingerprint density at radius 2 is 1.70 bits per heavy atom. The quantitative estimate of drug-likeness (QED) is 0.517. The molecule has 0 spiro atoms. The average molecular weight is 463 g/mol. The molecule has 2 aliphatic rings. The lowest BCUT2D eigenvalue weighted by Gasteiger charge is -2.59. The number of esters is 3. The first kappa shape index (κ1) is 25.0. The first-order valence-corrected chi connectivity index (χ1v) is 11.3. The summed E-state index contributed by atoms with van der Waals surface area (Å²) in [7, 11) is 1.28. The molecule has 1 aromatic rings. The van der Waals surface area contributed by atoms with E-state index in [2.05, 4.69) is 0 Å². The molecule has 2 N–H and O–H groups in total. The van der Waals surface area contributed by atoms with Gasteiger partial charge in [0, 0.05) is 30.7 Å². The molecule has 2 aliphatic carbocycles. The minimum Gasteiger partial charge on any atom is -0.508 e. The molecule has 33 heavy (non-hydrogen) atoms. The van der Waals surface area contributed by atoms with E-state index in [4.69, 9.17) is 14.2 Å². The van der Waals surface area contributed by atoms with Gasteiger partial charge in [0.15, 0.2) is 0 Å². The van der Waals surface area contributed by atoms with E-state index < -0.39 is 53.0 Å². The highest BCUT2D eigenvalue weighted by molar-refractivity contribution is 5.78. The molecule has 8 heteroatoms. The predicted octanol–water partition coefficient (Wildman–Crippen LogP) is 3.27. The molecule has 8 nitrogen and oxygen atoms in total. The Hall–Kier alpha value is -2.61. The van der Waals surface area contributed by atoms with Crippen LogP contribution < -0.4 is 0 Å². The van der Waals surface area contributed by atoms with E-state index in [-0.39, 0.29) is 18.1 Å². The van der Waals surface area contributed by atoms with Crippen molar-refractivity contribution in [3.63, 3.8) is 0 Å². The number of phenolic OH excluding ortho intramolecular Hbond substituents is 1. The summed E-state index contributed by atoms with van der Waals surface area (Å²) in [5.74, 6) is -2.48. The highest BCUT2D eigenvalue weighted by Gasteiger charge is 2.67. The minimum atomic E-state index is -1.30. The number of aliphatic hydroxyl groups excluding tert-OH is 1. The van der Waals surface area contributed by atoms with Gasteiger partial charge in [0.25, 0.3) is 0 Å². The van der Waals surface area contributed by atoms with Gasteiger partial charge in [-0.1, -0.05) is 26.8 Å². The van der Waals surface area contributed by atoms with Crippen LogP contribution in [0.15, 0.2) is 12.1 Å². The lowest BCUT2D eigenvalue weighted by Crippen LogP contribution is -2.65. The molecule has 1 aromatic carbocycles. The number of ether oxygens (including phenoxy) is 3. The van der Waals surface area contributed by atoms with E-state index in [0.29, 0.717) is 17.5 Å². The van der Waals surface area contributed by atoms with Crippen LogP contribution in [-0.2, 0) is 34.0 Å². The van der Waals surface area contributed by atoms with Gasteiger partial charge in [-0.15, -0.1) is 0 Å². The molecular weight excluding hydrogens is 428 g/mol. The summed E-state index contributed by atoms with van der Waals surface area (Å²) in [6.07, 6.45) is -2.54. The monoisotopic (exact) mass is 462 g/mol. The summed E-state index contributed by atoms with van der Waals surface area (Å²) in [6.45, 7) is 9.96. The van der Waals surface area contributed by atoms with Crippen molar-refractivity contribution in [1.29, 1.82) is 0 Å². The number of hydrogen-bond donors (Lipinski definition) is 2. The van der Waals surface area contributed by atoms with Crippen LogP contribution in [0.5, 0.6) is 5.75 Å². The Balaban J connectivity index is 2.39. The lowest BCUT2D eigenvalue weighted by molar-refractivity contribution is -0.204. The maximum atomic E-state index is 13.1. The van der Waals surface area contributed by atoms with Crippen LogP contribution in [0.2, 0.25) is 0 Å². The standard InChI is InChI=1S/C25H34O8/c1-12(2)15-10-16-19(17(28)11-15)25(6)18(32-13(3)26)8-9-24(5,23(30)31-7)22(25)21(20(16)29)33-14(4)27/h10-12,18,20-22,28-29H,8-9H2,1-7H3/t18-,20+,21+,22-,24+,25-/m0/s1. The third-order valence-corrected chi connectivity index (χ3v) is 7.52. The number of fused-ring (bicyclic) bond motifs is 3. The molecule has 0 amide bonds. The van der Waals surface area contributed by atoms with Crippen LogP contribution >= 0.6 is 0 Å². The van der Waals surface area contributed by atoms with Crippen LogP contribution in [0.4, 0.5) is 0 Å². The van der Waals surface area contributed by atoms with E-state index in [1.807, 2.05) is 13.8 Å². The molecule has 1 fully saturated rings. The second-order valence-corrected chi connectivity index (χ2v) is 9.98. The van der Waals surface area contributed by atoms with Crippen LogP contribution in [0.1, 0.15) is 83.1 Å². The van der Waals surface area contributed by atoms with Crippen LogP contribution in [0.3, 0.4) is 0 Å². The molecule has 0 aliphatic heterocycles. The summed E-state index contributed by atoms with van der Waals surface area (Å²) in [5, 5.41) is 22.7. The number of carbonyl (C=O) groups excluding carboxylic acids is 3. The van der Waals surface area contributed by atoms with Crippen molar-refractivity contribution < 1.29 is 38.8 Å². The Bertz CT molecular complexity index is 969. The average Bonchev–Trinajstić information content (AvgIpc) is 2.72. The van der Waals surface area contributed by atoms with E-state index in [1.54, 1.807) is 26.0 Å². The number of aliphatic hydroxyl groups is 1. The van der Waals surface area contributed by atoms with Gasteiger partial charge in [-0.3, -0.25) is 14.4 Å². The van der Waals surface area contributed by atoms with E-state index in [9.17, 15) is 24.6 Å². The molecule has 0 unspecified atom stereocenters. The Morgan fingerprint density at radius 3 is 2.21 bits per heavy atom. The number of methoxy groups -OCH3 is 1. The van der Waals surface area contributed by atoms with Gasteiger partial charge in [-0.05, 0) is 42.9 Å². The lowest BCUT2D eigenvalue weighted by atomic mass is 9.47. The van der Waals surface area contributed by atoms with Gasteiger partial charge in [0.2, 0.25) is 0 Å². The highest BCUT2D eigenvalue weighted by Crippen LogP contribution is 2.62. The normalized spacial score (nSPS) is 33.0. The number of phenols is 1. The maximum absolute atomic E-state index is 13.1. The zero-order chi connectivity index (χ0) is 24.9. The molecule has 182 valence electrons. The summed E-state index contributed by atoms with van der Waals surface area (Å²) in [4.78, 5) is 37.2. The number of aromatic hydroxyl groups is 1. The van der Waals surface area contributed by atoms with Gasteiger partial charge in [0.1, 0.15) is 24.1 Å². The predicted molar refractivity (Wildman–Crippen MR) is 118 cm³/mol. The fraction of sp³-hybridized carbons (Fsp3) is 0.640. The van der Waals surface area contributed by atoms with Crippen molar-refractivity contribution in [3.05, 3.63) is 28.8 Å². The molecule has 3 rings (SSSR count). The van der Waals surface area contributed by atoms with E-state index in [1.165, 1.54) is 21.0 Å². The van der Waals surface area contributed by atoms with Gasteiger partial charge < -0.3 is 24.4 Å². The third-order valence-electron chi connectivity index (χ3n) is 7.52. The second-order valence-electron chi connectivity index (χ2n) is 9.98. The molecular formula is C25H34O8. The van der Waals surface area contributed by atoms with Crippen molar-refractivity contribution in [1.82, 2.24) is 0 Å². The first-order chi connectivity index (χ1) is 15.3. The Kier molecular flexibility index (Phi) is 6.54. The number of carbonyl (C=O) groups is 3. The van der Waals surface area contributed by atoms with Crippen LogP contribution in [0, 0.1) is 11.3 Å². The highest BCUT2D eigenvalue weighted by atomic mass is 16.6. The summed E-state index contributed by atoms with van der Waals surface area (Å²) < 4.78 is 16.5. The number of rotatable bonds is 4. The zero-order valence-electron chi connectivity index (χ0n) is 20.3. The van der Waals surface area contributed by atoms with Crippen molar-refractivity contribution in [2.75, 3.05) is 7.11 Å². The van der Waals surface area contributed by atoms with Crippen LogP contribution in [-0.4, -0.2) is 47.4 Å². The minimum absolute atomic E-state index is 0.0575. The topological polar surface area (TPSA) is 119 Å². The van der Waals surface area contributed by atoms with Gasteiger partial charge in [0.05, 0.1) is 12.5 Å². The van der Waals surface area contributed by atoms with Crippen molar-refractivity contribution in [2.45, 2.75) is 84.0 Å². The Morgan fingerprint density at radius 1 is 1.09 bits per heavy atom. The smallest absolute Gasteiger partial charge is 0.311 e. The SMILES string of the molecule is COC(=O)[C@]1(C)CC[C@H](OC(C)=O)[C@@]2(C)c3c(O)cc(C(C)C)cc3[C@@H](O)[C@@H](OC(C)=O)[C@H]21. The van der Waals surface area contributed by atoms with Crippen LogP contribution in [0.25, 0.3) is 0 Å². The van der Waals surface area contributed by atoms with Gasteiger partial charge >= 0.3 is 17.9 Å². The molecule has 0 saturated heterocycles. The first-order valence-electron chi connectivity index (χ1n) is 11.3. The van der Waals surface area contributed by atoms with Crippen molar-refractivity contribution in [2.24, 2.45) is 11.3 Å². The van der Waals surface area contributed by atoms with Gasteiger partial charge in [-0.2, -0.15) is 0 Å². The number of hydrogen-bond acceptors (Lipinski definition) is 8. The van der Waals surface area contributed by atoms with Gasteiger partial charge in [-0.25, -0.2) is 0 Å². The zero-order valence-corrected chi connectivity index (χ0v) is 20.3. The summed E-state index contributed by atoms with van der Waals surface area (Å²) >= 11 is 0. The van der Waals surface area contributed by atoms with E-state index >= 15 is 0 Å². The summed E-state index contributed by atoms with van der Waals surface area (Å²) in [6, 6.07) is 3.43. The largest absolute Gasteiger partial charge is 0.508 e. The fourth-order valence-corrected chi connectivity index (χ4v) is 6.12. The molecule has 6 atom stereocenters. The molecule has 0 bridgehead atoms. The third kappa shape index (κ3) is 3.88. The van der Waals surface area contributed by atoms with E-state index in [0.717, 1.165) is 5.56 Å². The number of benzene rings is 1. The Labute approximate surface area is 194 Å². The van der Waals surface area contributed by atoms with Crippen molar-refractivity contribution in [3.8, 4) is 5.75 Å². The van der Waals surface area contributed by atoms with Crippen molar-refractivity contribution >= 4 is 17.9 Å². The second kappa shape index (κ2) is 8.63. The molecule has 0 aromatic heterocycles. The maximum Gasteiger partial charge on any atom is 0.311 e. The molecule has 0 radical (unpaired) electrons. The molecule has 1 saturated carbocycles. The molecule has 0 heterocycles.